The van der Waals surface area contributed by atoms with Crippen LogP contribution in [0.15, 0.2) is 23.3 Å². The molecule has 2 bridgehead atoms. The average molecular weight is 411 g/mol. The number of nitrogens with zero attached hydrogens (tertiary/aromatic N) is 3. The molecule has 8 nitrogen and oxygen atoms in total. The maximum Gasteiger partial charge on any atom is 0.301 e. The molecule has 0 aliphatic heterocycles. The number of nitro groups is 2. The number of fused-ring (bicyclic) bond motifs is 2. The molecule has 1 N–H and O–H groups in total. The Balaban J connectivity index is 1.91. The lowest BCUT2D eigenvalue weighted by Crippen LogP contribution is -2.36. The third-order valence-corrected chi connectivity index (χ3v) is 7.37. The van der Waals surface area contributed by atoms with Gasteiger partial charge in [-0.25, -0.2) is 0 Å². The number of anilines is 1. The van der Waals surface area contributed by atoms with Gasteiger partial charge in [-0.1, -0.05) is 29.8 Å². The summed E-state index contributed by atoms with van der Waals surface area (Å²) < 4.78 is 0. The Morgan fingerprint density at radius 3 is 2.60 bits per heavy atom. The number of rotatable bonds is 5. The molecule has 3 rings (SSSR count). The van der Waals surface area contributed by atoms with Crippen LogP contribution in [0.3, 0.4) is 0 Å². The zero-order valence-electron chi connectivity index (χ0n) is 14.0. The van der Waals surface area contributed by atoms with Crippen LogP contribution >= 0.6 is 15.9 Å². The van der Waals surface area contributed by atoms with Crippen LogP contribution < -0.4 is 5.43 Å². The van der Waals surface area contributed by atoms with Crippen molar-refractivity contribution in [2.75, 3.05) is 10.8 Å². The topological polar surface area (TPSA) is 111 Å². The highest BCUT2D eigenvalue weighted by Gasteiger charge is 2.61. The van der Waals surface area contributed by atoms with Gasteiger partial charge in [0.1, 0.15) is 5.69 Å². The predicted octanol–water partition coefficient (Wildman–Crippen LogP) is 4.49. The van der Waals surface area contributed by atoms with Gasteiger partial charge in [0.2, 0.25) is 0 Å². The largest absolute Gasteiger partial charge is 0.301 e. The molecule has 25 heavy (non-hydrogen) atoms. The van der Waals surface area contributed by atoms with Crippen molar-refractivity contribution in [3.8, 4) is 0 Å². The first-order valence-corrected chi connectivity index (χ1v) is 9.17. The number of hydrogen-bond donors (Lipinski definition) is 1. The fraction of sp³-hybridized carbons (Fsp3) is 0.562. The van der Waals surface area contributed by atoms with Gasteiger partial charge in [-0.05, 0) is 36.7 Å². The minimum Gasteiger partial charge on any atom is -0.272 e. The molecule has 0 spiro atoms. The van der Waals surface area contributed by atoms with Crippen molar-refractivity contribution in [2.45, 2.75) is 33.1 Å². The molecule has 0 heterocycles. The van der Waals surface area contributed by atoms with Gasteiger partial charge in [-0.3, -0.25) is 25.7 Å². The van der Waals surface area contributed by atoms with Crippen LogP contribution in [0.25, 0.3) is 0 Å². The summed E-state index contributed by atoms with van der Waals surface area (Å²) in [6.07, 6.45) is 3.07. The van der Waals surface area contributed by atoms with Crippen LogP contribution in [0.5, 0.6) is 0 Å². The molecule has 1 aromatic rings. The van der Waals surface area contributed by atoms with E-state index in [-0.39, 0.29) is 27.9 Å². The molecule has 0 saturated heterocycles. The molecule has 2 saturated carbocycles. The van der Waals surface area contributed by atoms with E-state index in [1.165, 1.54) is 12.1 Å². The standard InChI is InChI=1S/C16H19BrN4O4/c1-15-6-5-10(16(15,2)9-17)7-14(15)19-18-12-4-3-11(20(22)23)8-13(12)21(24)25/h3-4,8,10,18H,5-7,9H2,1-2H3/b19-14-/t10-,15+,16-/m1/s1. The average Bonchev–Trinajstić information content (AvgIpc) is 2.95. The molecule has 0 unspecified atom stereocenters. The number of benzene rings is 1. The monoisotopic (exact) mass is 410 g/mol. The molecule has 0 aromatic heterocycles. The first-order chi connectivity index (χ1) is 11.7. The van der Waals surface area contributed by atoms with E-state index >= 15 is 0 Å². The summed E-state index contributed by atoms with van der Waals surface area (Å²) in [4.78, 5) is 20.7. The van der Waals surface area contributed by atoms with Gasteiger partial charge in [0.15, 0.2) is 0 Å². The molecule has 3 atom stereocenters. The number of hydrazone groups is 1. The van der Waals surface area contributed by atoms with Crippen molar-refractivity contribution in [2.24, 2.45) is 21.8 Å². The Morgan fingerprint density at radius 1 is 1.32 bits per heavy atom. The van der Waals surface area contributed by atoms with Gasteiger partial charge in [-0.2, -0.15) is 5.10 Å². The van der Waals surface area contributed by atoms with E-state index < -0.39 is 9.85 Å². The maximum atomic E-state index is 11.2. The molecular weight excluding hydrogens is 392 g/mol. The molecule has 2 fully saturated rings. The Labute approximate surface area is 153 Å². The quantitative estimate of drug-likeness (QED) is 0.436. The normalized spacial score (nSPS) is 32.1. The summed E-state index contributed by atoms with van der Waals surface area (Å²) in [7, 11) is 0. The second kappa shape index (κ2) is 6.05. The molecule has 134 valence electrons. The summed E-state index contributed by atoms with van der Waals surface area (Å²) in [6, 6.07) is 3.52. The predicted molar refractivity (Wildman–Crippen MR) is 98.2 cm³/mol. The Morgan fingerprint density at radius 2 is 2.04 bits per heavy atom. The Hall–Kier alpha value is -2.03. The Bertz CT molecular complexity index is 783. The van der Waals surface area contributed by atoms with Crippen molar-refractivity contribution in [1.82, 2.24) is 0 Å². The second-order valence-corrected chi connectivity index (χ2v) is 7.77. The van der Waals surface area contributed by atoms with Gasteiger partial charge in [0.05, 0.1) is 15.9 Å². The second-order valence-electron chi connectivity index (χ2n) is 7.21. The van der Waals surface area contributed by atoms with E-state index in [0.717, 1.165) is 36.4 Å². The van der Waals surface area contributed by atoms with Crippen LogP contribution in [-0.4, -0.2) is 20.9 Å². The SMILES string of the molecule is C[C@]12CC[C@H](C/C1=N/Nc1ccc([N+](=O)[O-])cc1[N+](=O)[O-])[C@@]2(C)CBr. The number of alkyl halides is 1. The van der Waals surface area contributed by atoms with E-state index in [4.69, 9.17) is 0 Å². The Kier molecular flexibility index (Phi) is 4.30. The third-order valence-electron chi connectivity index (χ3n) is 6.21. The van der Waals surface area contributed by atoms with E-state index in [1.807, 2.05) is 0 Å². The summed E-state index contributed by atoms with van der Waals surface area (Å²) in [5, 5.41) is 27.4. The summed E-state index contributed by atoms with van der Waals surface area (Å²) in [6.45, 7) is 4.46. The van der Waals surface area contributed by atoms with E-state index in [2.05, 4.69) is 40.3 Å². The van der Waals surface area contributed by atoms with Gasteiger partial charge >= 0.3 is 5.69 Å². The highest BCUT2D eigenvalue weighted by Crippen LogP contribution is 2.64. The van der Waals surface area contributed by atoms with E-state index in [0.29, 0.717) is 5.92 Å². The summed E-state index contributed by atoms with van der Waals surface area (Å²) in [5.74, 6) is 0.546. The lowest BCUT2D eigenvalue weighted by atomic mass is 9.70. The number of halogens is 1. The van der Waals surface area contributed by atoms with Gasteiger partial charge in [0, 0.05) is 22.5 Å². The fourth-order valence-corrected chi connectivity index (χ4v) is 5.29. The minimum absolute atomic E-state index is 0.0519. The molecule has 0 amide bonds. The van der Waals surface area contributed by atoms with Crippen LogP contribution in [0, 0.1) is 37.0 Å². The smallest absolute Gasteiger partial charge is 0.272 e. The molecule has 9 heteroatoms. The number of nitro benzene ring substituents is 2. The summed E-state index contributed by atoms with van der Waals surface area (Å²) in [5.41, 5.74) is 3.36. The van der Waals surface area contributed by atoms with Crippen LogP contribution in [0.1, 0.15) is 33.1 Å². The van der Waals surface area contributed by atoms with Crippen molar-refractivity contribution in [3.63, 3.8) is 0 Å². The first kappa shape index (κ1) is 17.8. The van der Waals surface area contributed by atoms with Crippen LogP contribution in [-0.2, 0) is 0 Å². The van der Waals surface area contributed by atoms with E-state index in [1.54, 1.807) is 0 Å². The molecule has 0 radical (unpaired) electrons. The minimum atomic E-state index is -0.652. The van der Waals surface area contributed by atoms with Crippen LogP contribution in [0.2, 0.25) is 0 Å². The zero-order valence-corrected chi connectivity index (χ0v) is 15.6. The fourth-order valence-electron chi connectivity index (χ4n) is 4.21. The molecular formula is C16H19BrN4O4. The number of nitrogens with one attached hydrogen (secondary N) is 1. The molecule has 2 aliphatic carbocycles. The lowest BCUT2D eigenvalue weighted by Gasteiger charge is -2.36. The lowest BCUT2D eigenvalue weighted by molar-refractivity contribution is -0.393. The van der Waals surface area contributed by atoms with Crippen molar-refractivity contribution < 1.29 is 9.85 Å². The van der Waals surface area contributed by atoms with Crippen molar-refractivity contribution in [3.05, 3.63) is 38.4 Å². The van der Waals surface area contributed by atoms with Gasteiger partial charge in [-0.15, -0.1) is 0 Å². The maximum absolute atomic E-state index is 11.2. The van der Waals surface area contributed by atoms with E-state index in [9.17, 15) is 20.2 Å². The van der Waals surface area contributed by atoms with Crippen molar-refractivity contribution >= 4 is 38.7 Å². The third kappa shape index (κ3) is 2.61. The summed E-state index contributed by atoms with van der Waals surface area (Å²) >= 11 is 3.64. The highest BCUT2D eigenvalue weighted by atomic mass is 79.9. The number of non-ortho nitro benzene ring substituents is 1. The van der Waals surface area contributed by atoms with Gasteiger partial charge < -0.3 is 0 Å². The van der Waals surface area contributed by atoms with Crippen LogP contribution in [0.4, 0.5) is 17.1 Å². The zero-order chi connectivity index (χ0) is 18.4. The van der Waals surface area contributed by atoms with Crippen molar-refractivity contribution in [1.29, 1.82) is 0 Å². The highest BCUT2D eigenvalue weighted by molar-refractivity contribution is 9.09. The van der Waals surface area contributed by atoms with Gasteiger partial charge in [0.25, 0.3) is 5.69 Å². The first-order valence-electron chi connectivity index (χ1n) is 8.05. The molecule has 1 aromatic carbocycles. The molecule has 2 aliphatic rings. The number of hydrogen-bond acceptors (Lipinski definition) is 6.